The average Bonchev–Trinajstić information content (AvgIpc) is 2.75. The van der Waals surface area contributed by atoms with Crippen molar-refractivity contribution in [2.45, 2.75) is 52.3 Å². The van der Waals surface area contributed by atoms with Crippen LogP contribution in [0, 0.1) is 13.8 Å². The summed E-state index contributed by atoms with van der Waals surface area (Å²) in [4.78, 5) is 0. The number of nitrogens with zero attached hydrogens (tertiary/aromatic N) is 1. The molecule has 0 radical (unpaired) electrons. The summed E-state index contributed by atoms with van der Waals surface area (Å²) < 4.78 is 10.7. The Morgan fingerprint density at radius 3 is 2.69 bits per heavy atom. The maximum atomic E-state index is 5.54. The van der Waals surface area contributed by atoms with Gasteiger partial charge in [0.1, 0.15) is 5.76 Å². The fraction of sp³-hybridized carbons (Fsp3) is 0.750. The van der Waals surface area contributed by atoms with Gasteiger partial charge in [0.05, 0.1) is 11.8 Å². The Balaban J connectivity index is 2.05. The highest BCUT2D eigenvalue weighted by Crippen LogP contribution is 2.23. The fourth-order valence-electron chi connectivity index (χ4n) is 2.46. The molecule has 1 aromatic heterocycles. The van der Waals surface area contributed by atoms with Gasteiger partial charge in [-0.15, -0.1) is 0 Å². The van der Waals surface area contributed by atoms with E-state index in [0.717, 1.165) is 24.5 Å². The molecule has 1 saturated heterocycles. The first kappa shape index (κ1) is 11.6. The molecule has 16 heavy (non-hydrogen) atoms. The average molecular weight is 224 g/mol. The number of nitrogens with one attached hydrogen (secondary N) is 1. The molecule has 1 aromatic rings. The number of hydrogen-bond donors (Lipinski definition) is 1. The van der Waals surface area contributed by atoms with Gasteiger partial charge in [-0.05, 0) is 34.1 Å². The molecule has 3 atom stereocenters. The molecule has 1 N–H and O–H groups in total. The largest absolute Gasteiger partial charge is 0.377 e. The quantitative estimate of drug-likeness (QED) is 0.854. The van der Waals surface area contributed by atoms with Crippen LogP contribution in [0.2, 0.25) is 0 Å². The molecule has 0 bridgehead atoms. The summed E-state index contributed by atoms with van der Waals surface area (Å²) >= 11 is 0. The number of ether oxygens (including phenoxy) is 1. The van der Waals surface area contributed by atoms with Gasteiger partial charge in [0.25, 0.3) is 0 Å². The maximum absolute atomic E-state index is 5.54. The van der Waals surface area contributed by atoms with Crippen molar-refractivity contribution >= 4 is 0 Å². The lowest BCUT2D eigenvalue weighted by atomic mass is 10.0. The van der Waals surface area contributed by atoms with E-state index < -0.39 is 0 Å². The number of aryl methyl sites for hydroxylation is 2. The van der Waals surface area contributed by atoms with Crippen LogP contribution in [0.1, 0.15) is 43.3 Å². The molecule has 0 amide bonds. The fourth-order valence-corrected chi connectivity index (χ4v) is 2.46. The van der Waals surface area contributed by atoms with Crippen molar-refractivity contribution in [1.82, 2.24) is 10.5 Å². The second-order valence-corrected chi connectivity index (χ2v) is 4.60. The standard InChI is InChI=1S/C12H20N2O2/c1-7(12-8(2)14-16-10(12)4)13-11-5-6-15-9(11)3/h7,9,11,13H,5-6H2,1-4H3. The first-order chi connectivity index (χ1) is 7.59. The molecule has 2 heterocycles. The van der Waals surface area contributed by atoms with Crippen LogP contribution in [0.25, 0.3) is 0 Å². The molecule has 0 spiro atoms. The zero-order valence-corrected chi connectivity index (χ0v) is 10.4. The molecule has 1 fully saturated rings. The lowest BCUT2D eigenvalue weighted by Crippen LogP contribution is -2.36. The minimum atomic E-state index is 0.264. The van der Waals surface area contributed by atoms with Gasteiger partial charge < -0.3 is 14.6 Å². The van der Waals surface area contributed by atoms with Crippen molar-refractivity contribution < 1.29 is 9.26 Å². The topological polar surface area (TPSA) is 47.3 Å². The monoisotopic (exact) mass is 224 g/mol. The van der Waals surface area contributed by atoms with Gasteiger partial charge >= 0.3 is 0 Å². The normalized spacial score (nSPS) is 27.2. The zero-order chi connectivity index (χ0) is 11.7. The Kier molecular flexibility index (Phi) is 3.30. The van der Waals surface area contributed by atoms with Crippen molar-refractivity contribution in [1.29, 1.82) is 0 Å². The van der Waals surface area contributed by atoms with Gasteiger partial charge in [-0.2, -0.15) is 0 Å². The van der Waals surface area contributed by atoms with Crippen LogP contribution < -0.4 is 5.32 Å². The van der Waals surface area contributed by atoms with E-state index in [1.807, 2.05) is 13.8 Å². The summed E-state index contributed by atoms with van der Waals surface area (Å²) in [5.41, 5.74) is 2.16. The molecular formula is C12H20N2O2. The van der Waals surface area contributed by atoms with Crippen molar-refractivity contribution in [3.63, 3.8) is 0 Å². The Hall–Kier alpha value is -0.870. The number of hydrogen-bond acceptors (Lipinski definition) is 4. The third-order valence-corrected chi connectivity index (χ3v) is 3.36. The molecule has 0 saturated carbocycles. The van der Waals surface area contributed by atoms with Gasteiger partial charge in [0, 0.05) is 24.3 Å². The van der Waals surface area contributed by atoms with E-state index in [-0.39, 0.29) is 6.04 Å². The molecule has 90 valence electrons. The third-order valence-electron chi connectivity index (χ3n) is 3.36. The Bertz CT molecular complexity index is 342. The maximum Gasteiger partial charge on any atom is 0.138 e. The van der Waals surface area contributed by atoms with E-state index in [1.165, 1.54) is 5.56 Å². The van der Waals surface area contributed by atoms with Crippen molar-refractivity contribution in [3.05, 3.63) is 17.0 Å². The third kappa shape index (κ3) is 2.13. The molecule has 4 heteroatoms. The predicted molar refractivity (Wildman–Crippen MR) is 61.3 cm³/mol. The van der Waals surface area contributed by atoms with Crippen LogP contribution >= 0.6 is 0 Å². The van der Waals surface area contributed by atoms with Crippen LogP contribution in [-0.2, 0) is 4.74 Å². The second-order valence-electron chi connectivity index (χ2n) is 4.60. The number of rotatable bonds is 3. The van der Waals surface area contributed by atoms with Gasteiger partial charge in [-0.1, -0.05) is 5.16 Å². The van der Waals surface area contributed by atoms with Crippen molar-refractivity contribution in [2.75, 3.05) is 6.61 Å². The van der Waals surface area contributed by atoms with E-state index >= 15 is 0 Å². The number of aromatic nitrogens is 1. The first-order valence-corrected chi connectivity index (χ1v) is 5.90. The molecule has 4 nitrogen and oxygen atoms in total. The Morgan fingerprint density at radius 1 is 1.44 bits per heavy atom. The highest BCUT2D eigenvalue weighted by atomic mass is 16.5. The molecule has 0 aliphatic carbocycles. The lowest BCUT2D eigenvalue weighted by molar-refractivity contribution is 0.111. The molecule has 1 aliphatic rings. The van der Waals surface area contributed by atoms with Crippen molar-refractivity contribution in [3.8, 4) is 0 Å². The molecular weight excluding hydrogens is 204 g/mol. The molecule has 3 unspecified atom stereocenters. The molecule has 0 aromatic carbocycles. The minimum Gasteiger partial charge on any atom is -0.377 e. The van der Waals surface area contributed by atoms with Gasteiger partial charge in [0.2, 0.25) is 0 Å². The Labute approximate surface area is 96.3 Å². The van der Waals surface area contributed by atoms with Gasteiger partial charge in [-0.25, -0.2) is 0 Å². The van der Waals surface area contributed by atoms with E-state index in [9.17, 15) is 0 Å². The summed E-state index contributed by atoms with van der Waals surface area (Å²) in [5, 5.41) is 7.57. The predicted octanol–water partition coefficient (Wildman–Crippen LogP) is 2.12. The van der Waals surface area contributed by atoms with E-state index in [2.05, 4.69) is 24.3 Å². The highest BCUT2D eigenvalue weighted by Gasteiger charge is 2.27. The van der Waals surface area contributed by atoms with Crippen LogP contribution in [0.15, 0.2) is 4.52 Å². The zero-order valence-electron chi connectivity index (χ0n) is 10.4. The highest BCUT2D eigenvalue weighted by molar-refractivity contribution is 5.24. The molecule has 2 rings (SSSR count). The van der Waals surface area contributed by atoms with Gasteiger partial charge in [0.15, 0.2) is 0 Å². The van der Waals surface area contributed by atoms with Crippen LogP contribution in [0.5, 0.6) is 0 Å². The van der Waals surface area contributed by atoms with E-state index in [4.69, 9.17) is 9.26 Å². The van der Waals surface area contributed by atoms with Crippen LogP contribution in [0.3, 0.4) is 0 Å². The SMILES string of the molecule is Cc1noc(C)c1C(C)NC1CCOC1C. The summed E-state index contributed by atoms with van der Waals surface area (Å²) in [5.74, 6) is 0.907. The summed E-state index contributed by atoms with van der Waals surface area (Å²) in [7, 11) is 0. The summed E-state index contributed by atoms with van der Waals surface area (Å²) in [6.45, 7) is 9.07. The summed E-state index contributed by atoms with van der Waals surface area (Å²) in [6, 6.07) is 0.698. The minimum absolute atomic E-state index is 0.264. The van der Waals surface area contributed by atoms with E-state index in [1.54, 1.807) is 0 Å². The summed E-state index contributed by atoms with van der Waals surface area (Å²) in [6.07, 6.45) is 1.37. The smallest absolute Gasteiger partial charge is 0.138 e. The van der Waals surface area contributed by atoms with E-state index in [0.29, 0.717) is 12.1 Å². The van der Waals surface area contributed by atoms with Gasteiger partial charge in [-0.3, -0.25) is 0 Å². The van der Waals surface area contributed by atoms with Crippen LogP contribution in [0.4, 0.5) is 0 Å². The first-order valence-electron chi connectivity index (χ1n) is 5.90. The molecule has 1 aliphatic heterocycles. The second kappa shape index (κ2) is 4.55. The van der Waals surface area contributed by atoms with Crippen molar-refractivity contribution in [2.24, 2.45) is 0 Å². The Morgan fingerprint density at radius 2 is 2.19 bits per heavy atom. The van der Waals surface area contributed by atoms with Crippen LogP contribution in [-0.4, -0.2) is 23.9 Å². The lowest BCUT2D eigenvalue weighted by Gasteiger charge is -2.21.